The van der Waals surface area contributed by atoms with Gasteiger partial charge in [0.25, 0.3) is 0 Å². The first-order chi connectivity index (χ1) is 4.95. The zero-order valence-corrected chi connectivity index (χ0v) is 10.3. The predicted octanol–water partition coefficient (Wildman–Crippen LogP) is 1.83. The average Bonchev–Trinajstić information content (AvgIpc) is 1.87. The summed E-state index contributed by atoms with van der Waals surface area (Å²) in [5.74, 6) is 0.0581. The summed E-state index contributed by atoms with van der Waals surface area (Å²) in [6.45, 7) is 7.26. The molecular weight excluding hydrogens is 297 g/mol. The van der Waals surface area contributed by atoms with Crippen molar-refractivity contribution in [2.75, 3.05) is 0 Å². The van der Waals surface area contributed by atoms with Gasteiger partial charge in [0.2, 0.25) is 0 Å². The van der Waals surface area contributed by atoms with Crippen LogP contribution in [-0.2, 0) is 9.59 Å². The number of carbonyl (C=O) groups is 2. The monoisotopic (exact) mass is 314 g/mol. The summed E-state index contributed by atoms with van der Waals surface area (Å²) in [5.41, 5.74) is 0. The SMILES string of the molecule is CC(C)C(=O)CC(=O)C(C)C.[Gd]. The van der Waals surface area contributed by atoms with Crippen LogP contribution in [0.1, 0.15) is 34.1 Å². The molecule has 0 atom stereocenters. The third-order valence-corrected chi connectivity index (χ3v) is 1.64. The van der Waals surface area contributed by atoms with Crippen molar-refractivity contribution in [3.8, 4) is 0 Å². The van der Waals surface area contributed by atoms with Crippen molar-refractivity contribution < 1.29 is 49.5 Å². The molecule has 12 heavy (non-hydrogen) atoms. The molecule has 2 nitrogen and oxygen atoms in total. The first kappa shape index (κ1) is 15.2. The van der Waals surface area contributed by atoms with Crippen molar-refractivity contribution in [3.63, 3.8) is 0 Å². The van der Waals surface area contributed by atoms with Gasteiger partial charge in [0.15, 0.2) is 0 Å². The van der Waals surface area contributed by atoms with Crippen molar-refractivity contribution in [2.45, 2.75) is 34.1 Å². The van der Waals surface area contributed by atoms with E-state index in [1.54, 1.807) is 0 Å². The van der Waals surface area contributed by atoms with Crippen LogP contribution >= 0.6 is 0 Å². The molecular formula is C9H16GdO2. The number of Topliss-reactive ketones (excluding diaryl/α,β-unsaturated/α-hetero) is 2. The molecule has 0 aromatic carbocycles. The maximum Gasteiger partial charge on any atom is 0.142 e. The summed E-state index contributed by atoms with van der Waals surface area (Å²) in [5, 5.41) is 0. The molecule has 0 saturated heterocycles. The molecule has 72 valence electrons. The summed E-state index contributed by atoms with van der Waals surface area (Å²) in [6.07, 6.45) is 0.106. The van der Waals surface area contributed by atoms with Gasteiger partial charge in [0.1, 0.15) is 11.6 Å². The molecule has 0 saturated carbocycles. The van der Waals surface area contributed by atoms with Crippen LogP contribution in [0, 0.1) is 51.8 Å². The Balaban J connectivity index is 0. The molecule has 0 heterocycles. The molecule has 0 amide bonds. The zero-order chi connectivity index (χ0) is 9.02. The second-order valence-electron chi connectivity index (χ2n) is 3.42. The first-order valence-electron chi connectivity index (χ1n) is 4.00. The van der Waals surface area contributed by atoms with Crippen LogP contribution < -0.4 is 0 Å². The Labute approximate surface area is 106 Å². The van der Waals surface area contributed by atoms with E-state index in [9.17, 15) is 9.59 Å². The normalized spacial score (nSPS) is 9.83. The quantitative estimate of drug-likeness (QED) is 0.742. The van der Waals surface area contributed by atoms with Crippen molar-refractivity contribution in [3.05, 3.63) is 0 Å². The Kier molecular flexibility index (Phi) is 8.97. The Morgan fingerprint density at radius 2 is 1.17 bits per heavy atom. The second-order valence-corrected chi connectivity index (χ2v) is 3.42. The standard InChI is InChI=1S/C9H16O2.Gd/c1-6(2)8(10)5-9(11)7(3)4;/h6-7H,5H2,1-4H3;. The van der Waals surface area contributed by atoms with E-state index in [4.69, 9.17) is 0 Å². The van der Waals surface area contributed by atoms with Crippen molar-refractivity contribution in [1.29, 1.82) is 0 Å². The molecule has 0 fully saturated rings. The molecule has 0 bridgehead atoms. The Bertz CT molecular complexity index is 144. The fourth-order valence-corrected chi connectivity index (χ4v) is 0.580. The van der Waals surface area contributed by atoms with E-state index in [1.165, 1.54) is 0 Å². The van der Waals surface area contributed by atoms with E-state index < -0.39 is 0 Å². The van der Waals surface area contributed by atoms with Gasteiger partial charge >= 0.3 is 0 Å². The topological polar surface area (TPSA) is 34.1 Å². The molecule has 0 radical (unpaired) electrons. The Hall–Kier alpha value is 0.665. The van der Waals surface area contributed by atoms with Crippen LogP contribution in [0.5, 0.6) is 0 Å². The summed E-state index contributed by atoms with van der Waals surface area (Å²) >= 11 is 0. The Morgan fingerprint density at radius 1 is 0.917 bits per heavy atom. The summed E-state index contributed by atoms with van der Waals surface area (Å²) in [4.78, 5) is 22.1. The molecule has 0 spiro atoms. The molecule has 3 heteroatoms. The van der Waals surface area contributed by atoms with E-state index >= 15 is 0 Å². The molecule has 0 unspecified atom stereocenters. The van der Waals surface area contributed by atoms with Gasteiger partial charge < -0.3 is 0 Å². The second kappa shape index (κ2) is 7.11. The van der Waals surface area contributed by atoms with Gasteiger partial charge in [-0.2, -0.15) is 0 Å². The molecule has 0 rings (SSSR count). The van der Waals surface area contributed by atoms with Crippen LogP contribution in [0.25, 0.3) is 0 Å². The molecule has 0 aromatic heterocycles. The van der Waals surface area contributed by atoms with Crippen LogP contribution in [0.2, 0.25) is 0 Å². The molecule has 0 aliphatic rings. The minimum Gasteiger partial charge on any atom is -0.299 e. The van der Waals surface area contributed by atoms with E-state index in [1.807, 2.05) is 27.7 Å². The van der Waals surface area contributed by atoms with Gasteiger partial charge in [0.05, 0.1) is 6.42 Å². The average molecular weight is 313 g/mol. The minimum absolute atomic E-state index is 0. The van der Waals surface area contributed by atoms with Crippen molar-refractivity contribution in [2.24, 2.45) is 11.8 Å². The molecule has 0 aromatic rings. The molecule has 0 aliphatic heterocycles. The summed E-state index contributed by atoms with van der Waals surface area (Å²) < 4.78 is 0. The first-order valence-corrected chi connectivity index (χ1v) is 4.00. The third kappa shape index (κ3) is 6.21. The van der Waals surface area contributed by atoms with E-state index in [0.717, 1.165) is 0 Å². The number of hydrogen-bond acceptors (Lipinski definition) is 2. The van der Waals surface area contributed by atoms with Crippen LogP contribution in [0.15, 0.2) is 0 Å². The number of rotatable bonds is 4. The summed E-state index contributed by atoms with van der Waals surface area (Å²) in [7, 11) is 0. The fraction of sp³-hybridized carbons (Fsp3) is 0.778. The fourth-order valence-electron chi connectivity index (χ4n) is 0.580. The van der Waals surface area contributed by atoms with Crippen molar-refractivity contribution >= 4 is 11.6 Å². The number of hydrogen-bond donors (Lipinski definition) is 0. The zero-order valence-electron chi connectivity index (χ0n) is 8.03. The minimum atomic E-state index is -0.0160. The van der Waals surface area contributed by atoms with Gasteiger partial charge in [-0.3, -0.25) is 9.59 Å². The Morgan fingerprint density at radius 3 is 1.33 bits per heavy atom. The largest absolute Gasteiger partial charge is 0.299 e. The van der Waals surface area contributed by atoms with Crippen LogP contribution in [0.3, 0.4) is 0 Å². The predicted molar refractivity (Wildman–Crippen MR) is 44.3 cm³/mol. The van der Waals surface area contributed by atoms with E-state index in [0.29, 0.717) is 0 Å². The van der Waals surface area contributed by atoms with Gasteiger partial charge in [-0.25, -0.2) is 0 Å². The molecule has 0 aliphatic carbocycles. The van der Waals surface area contributed by atoms with Gasteiger partial charge in [0, 0.05) is 51.8 Å². The molecule has 0 N–H and O–H groups in total. The maximum atomic E-state index is 11.0. The number of carbonyl (C=O) groups excluding carboxylic acids is 2. The summed E-state index contributed by atoms with van der Waals surface area (Å²) in [6, 6.07) is 0. The number of ketones is 2. The smallest absolute Gasteiger partial charge is 0.142 e. The van der Waals surface area contributed by atoms with Gasteiger partial charge in [-0.1, -0.05) is 27.7 Å². The van der Waals surface area contributed by atoms with Gasteiger partial charge in [-0.15, -0.1) is 0 Å². The maximum absolute atomic E-state index is 11.0. The van der Waals surface area contributed by atoms with Crippen molar-refractivity contribution in [1.82, 2.24) is 0 Å². The van der Waals surface area contributed by atoms with E-state index in [2.05, 4.69) is 0 Å². The van der Waals surface area contributed by atoms with Crippen LogP contribution in [-0.4, -0.2) is 11.6 Å². The van der Waals surface area contributed by atoms with E-state index in [-0.39, 0.29) is 69.8 Å². The van der Waals surface area contributed by atoms with Crippen LogP contribution in [0.4, 0.5) is 0 Å². The van der Waals surface area contributed by atoms with Gasteiger partial charge in [-0.05, 0) is 0 Å². The third-order valence-electron chi connectivity index (χ3n) is 1.64.